The van der Waals surface area contributed by atoms with Crippen LogP contribution in [0.4, 0.5) is 4.79 Å². The Hall–Kier alpha value is -1.79. The third-order valence-corrected chi connectivity index (χ3v) is 5.66. The molecule has 0 aromatic heterocycles. The third-order valence-electron chi connectivity index (χ3n) is 5.66. The molecule has 2 rings (SSSR count). The molecule has 0 bridgehead atoms. The van der Waals surface area contributed by atoms with Crippen LogP contribution < -0.4 is 5.32 Å². The number of likely N-dealkylation sites (tertiary alicyclic amines) is 1. The average molecular weight is 367 g/mol. The first-order chi connectivity index (χ1) is 12.1. The van der Waals surface area contributed by atoms with Gasteiger partial charge in [-0.05, 0) is 19.8 Å². The van der Waals surface area contributed by atoms with Crippen molar-refractivity contribution in [2.45, 2.75) is 71.4 Å². The molecule has 0 aromatic rings. The molecule has 2 saturated heterocycles. The molecule has 0 aliphatic carbocycles. The highest BCUT2D eigenvalue weighted by Gasteiger charge is 2.48. The molecule has 2 fully saturated rings. The molecule has 7 heteroatoms. The first-order valence-corrected chi connectivity index (χ1v) is 9.68. The van der Waals surface area contributed by atoms with E-state index >= 15 is 0 Å². The Balaban J connectivity index is 1.94. The summed E-state index contributed by atoms with van der Waals surface area (Å²) in [6.07, 6.45) is 3.15. The molecule has 148 valence electrons. The van der Waals surface area contributed by atoms with Gasteiger partial charge in [0.05, 0.1) is 6.54 Å². The molecule has 3 amide bonds. The van der Waals surface area contributed by atoms with Gasteiger partial charge in [0.2, 0.25) is 11.8 Å². The minimum Gasteiger partial charge on any atom is -0.441 e. The Morgan fingerprint density at radius 3 is 2.31 bits per heavy atom. The lowest BCUT2D eigenvalue weighted by Gasteiger charge is -2.40. The van der Waals surface area contributed by atoms with E-state index in [1.165, 1.54) is 6.92 Å². The van der Waals surface area contributed by atoms with Crippen molar-refractivity contribution in [2.75, 3.05) is 26.2 Å². The number of rotatable bonds is 6. The van der Waals surface area contributed by atoms with Crippen molar-refractivity contribution in [3.63, 3.8) is 0 Å². The highest BCUT2D eigenvalue weighted by atomic mass is 16.6. The summed E-state index contributed by atoms with van der Waals surface area (Å²) < 4.78 is 5.75. The zero-order valence-corrected chi connectivity index (χ0v) is 16.8. The molecule has 0 atom stereocenters. The van der Waals surface area contributed by atoms with Gasteiger partial charge in [-0.25, -0.2) is 4.79 Å². The van der Waals surface area contributed by atoms with Crippen LogP contribution in [0.25, 0.3) is 0 Å². The van der Waals surface area contributed by atoms with E-state index in [2.05, 4.69) is 19.2 Å². The first kappa shape index (κ1) is 20.5. The summed E-state index contributed by atoms with van der Waals surface area (Å²) in [6.45, 7) is 11.6. The van der Waals surface area contributed by atoms with Crippen molar-refractivity contribution < 1.29 is 19.1 Å². The first-order valence-electron chi connectivity index (χ1n) is 9.68. The van der Waals surface area contributed by atoms with Crippen molar-refractivity contribution in [3.8, 4) is 0 Å². The van der Waals surface area contributed by atoms with Crippen molar-refractivity contribution in [3.05, 3.63) is 0 Å². The van der Waals surface area contributed by atoms with Crippen LogP contribution in [-0.2, 0) is 14.3 Å². The molecular formula is C19H33N3O4. The Labute approximate surface area is 156 Å². The summed E-state index contributed by atoms with van der Waals surface area (Å²) in [5.74, 6) is 0.178. The van der Waals surface area contributed by atoms with E-state index < -0.39 is 11.1 Å². The maximum absolute atomic E-state index is 12.7. The summed E-state index contributed by atoms with van der Waals surface area (Å²) in [5, 5.41) is 2.70. The highest BCUT2D eigenvalue weighted by molar-refractivity contribution is 5.90. The van der Waals surface area contributed by atoms with Crippen LogP contribution in [0, 0.1) is 5.92 Å². The molecule has 0 unspecified atom stereocenters. The second kappa shape index (κ2) is 7.84. The number of nitrogens with zero attached hydrogens (tertiary/aromatic N) is 2. The van der Waals surface area contributed by atoms with Gasteiger partial charge >= 0.3 is 6.09 Å². The van der Waals surface area contributed by atoms with Crippen molar-refractivity contribution >= 4 is 17.9 Å². The quantitative estimate of drug-likeness (QED) is 0.780. The molecule has 2 aliphatic heterocycles. The van der Waals surface area contributed by atoms with Crippen LogP contribution >= 0.6 is 0 Å². The van der Waals surface area contributed by atoms with Gasteiger partial charge in [0, 0.05) is 39.4 Å². The summed E-state index contributed by atoms with van der Waals surface area (Å²) in [5.41, 5.74) is -1.40. The van der Waals surface area contributed by atoms with Gasteiger partial charge in [0.25, 0.3) is 0 Å². The lowest BCUT2D eigenvalue weighted by Crippen LogP contribution is -2.58. The number of hydrogen-bond acceptors (Lipinski definition) is 4. The molecule has 26 heavy (non-hydrogen) atoms. The predicted molar refractivity (Wildman–Crippen MR) is 98.6 cm³/mol. The van der Waals surface area contributed by atoms with Crippen molar-refractivity contribution in [1.82, 2.24) is 15.1 Å². The van der Waals surface area contributed by atoms with E-state index in [0.29, 0.717) is 38.4 Å². The minimum absolute atomic E-state index is 0.0965. The fourth-order valence-corrected chi connectivity index (χ4v) is 3.96. The number of ether oxygens (including phenoxy) is 1. The van der Waals surface area contributed by atoms with Gasteiger partial charge in [-0.3, -0.25) is 9.59 Å². The highest BCUT2D eigenvalue weighted by Crippen LogP contribution is 2.34. The van der Waals surface area contributed by atoms with Gasteiger partial charge in [0.15, 0.2) is 0 Å². The van der Waals surface area contributed by atoms with Gasteiger partial charge in [-0.15, -0.1) is 0 Å². The van der Waals surface area contributed by atoms with Gasteiger partial charge in [0.1, 0.15) is 11.1 Å². The molecule has 0 radical (unpaired) electrons. The molecule has 1 N–H and O–H groups in total. The fraction of sp³-hybridized carbons (Fsp3) is 0.842. The summed E-state index contributed by atoms with van der Waals surface area (Å²) in [7, 11) is 0. The lowest BCUT2D eigenvalue weighted by atomic mass is 9.89. The fourth-order valence-electron chi connectivity index (χ4n) is 3.96. The molecule has 0 saturated carbocycles. The Bertz CT molecular complexity index is 549. The average Bonchev–Trinajstić information content (AvgIpc) is 2.86. The Morgan fingerprint density at radius 2 is 1.81 bits per heavy atom. The van der Waals surface area contributed by atoms with Crippen LogP contribution in [0.5, 0.6) is 0 Å². The van der Waals surface area contributed by atoms with Gasteiger partial charge < -0.3 is 19.9 Å². The number of carbonyl (C=O) groups excluding carboxylic acids is 3. The summed E-state index contributed by atoms with van der Waals surface area (Å²) in [6, 6.07) is 0. The number of hydrogen-bond donors (Lipinski definition) is 1. The monoisotopic (exact) mass is 367 g/mol. The summed E-state index contributed by atoms with van der Waals surface area (Å²) in [4.78, 5) is 39.9. The third kappa shape index (κ3) is 4.48. The topological polar surface area (TPSA) is 78.9 Å². The molecule has 2 heterocycles. The van der Waals surface area contributed by atoms with E-state index in [9.17, 15) is 14.4 Å². The van der Waals surface area contributed by atoms with Crippen LogP contribution in [0.2, 0.25) is 0 Å². The number of nitrogens with one attached hydrogen (secondary N) is 1. The van der Waals surface area contributed by atoms with Crippen LogP contribution in [0.1, 0.15) is 60.3 Å². The van der Waals surface area contributed by atoms with E-state index in [1.807, 2.05) is 4.90 Å². The molecule has 2 aliphatic rings. The van der Waals surface area contributed by atoms with Gasteiger partial charge in [-0.2, -0.15) is 0 Å². The maximum atomic E-state index is 12.7. The molecular weight excluding hydrogens is 334 g/mol. The van der Waals surface area contributed by atoms with Gasteiger partial charge in [-0.1, -0.05) is 26.7 Å². The molecule has 7 nitrogen and oxygen atoms in total. The predicted octanol–water partition coefficient (Wildman–Crippen LogP) is 2.15. The second-order valence-corrected chi connectivity index (χ2v) is 8.21. The lowest BCUT2D eigenvalue weighted by molar-refractivity contribution is -0.143. The molecule has 0 aromatic carbocycles. The van der Waals surface area contributed by atoms with E-state index in [-0.39, 0.29) is 17.9 Å². The summed E-state index contributed by atoms with van der Waals surface area (Å²) >= 11 is 0. The largest absolute Gasteiger partial charge is 0.441 e. The smallest absolute Gasteiger partial charge is 0.410 e. The van der Waals surface area contributed by atoms with Crippen LogP contribution in [0.15, 0.2) is 0 Å². The van der Waals surface area contributed by atoms with E-state index in [0.717, 1.165) is 19.4 Å². The standard InChI is InChI=1S/C19H33N3O4/c1-6-15(7-2)12-22-13-19(26-17(22)25)8-10-21(11-9-19)16(24)18(4,5)20-14(3)23/h15H,6-13H2,1-5H3,(H,20,23). The van der Waals surface area contributed by atoms with Crippen LogP contribution in [-0.4, -0.2) is 65.0 Å². The van der Waals surface area contributed by atoms with E-state index in [1.54, 1.807) is 18.7 Å². The Morgan fingerprint density at radius 1 is 1.23 bits per heavy atom. The number of amides is 3. The Kier molecular flexibility index (Phi) is 6.19. The minimum atomic E-state index is -0.926. The van der Waals surface area contributed by atoms with Crippen molar-refractivity contribution in [2.24, 2.45) is 5.92 Å². The SMILES string of the molecule is CCC(CC)CN1CC2(CCN(C(=O)C(C)(C)NC(C)=O)CC2)OC1=O. The number of piperidine rings is 1. The van der Waals surface area contributed by atoms with Crippen LogP contribution in [0.3, 0.4) is 0 Å². The molecule has 1 spiro atoms. The van der Waals surface area contributed by atoms with E-state index in [4.69, 9.17) is 4.74 Å². The zero-order chi connectivity index (χ0) is 19.5. The zero-order valence-electron chi connectivity index (χ0n) is 16.8. The van der Waals surface area contributed by atoms with Crippen molar-refractivity contribution in [1.29, 1.82) is 0 Å². The normalized spacial score (nSPS) is 19.8. The second-order valence-electron chi connectivity index (χ2n) is 8.21. The maximum Gasteiger partial charge on any atom is 0.410 e. The number of carbonyl (C=O) groups is 3.